The van der Waals surface area contributed by atoms with Crippen molar-refractivity contribution in [3.8, 4) is 11.5 Å². The standard InChI is InChI=1S/C21H19NO5S2/c1-12-4-6-15(8-13(12)2)22-20(25)18(29-21(22)28)10-14-5-7-16(17(9-14)26-3)27-11-19(23)24/h4-10H,11H2,1-3H3,(H,23,24). The summed E-state index contributed by atoms with van der Waals surface area (Å²) in [5.74, 6) is -0.570. The molecule has 150 valence electrons. The third-order valence-corrected chi connectivity index (χ3v) is 5.68. The molecule has 1 N–H and O–H groups in total. The molecule has 1 aliphatic heterocycles. The zero-order chi connectivity index (χ0) is 21.1. The van der Waals surface area contributed by atoms with E-state index in [1.54, 1.807) is 24.3 Å². The number of amides is 1. The van der Waals surface area contributed by atoms with Crippen LogP contribution in [0.5, 0.6) is 11.5 Å². The number of aliphatic carboxylic acids is 1. The molecule has 0 bridgehead atoms. The molecule has 1 heterocycles. The highest BCUT2D eigenvalue weighted by Gasteiger charge is 2.33. The molecule has 1 aliphatic rings. The lowest BCUT2D eigenvalue weighted by Crippen LogP contribution is -2.27. The SMILES string of the molecule is COc1cc(C=C2SC(=S)N(c3ccc(C)c(C)c3)C2=O)ccc1OCC(=O)O. The first kappa shape index (κ1) is 20.9. The molecule has 2 aromatic rings. The molecular formula is C21H19NO5S2. The minimum Gasteiger partial charge on any atom is -0.493 e. The van der Waals surface area contributed by atoms with Crippen LogP contribution in [-0.4, -0.2) is 35.0 Å². The van der Waals surface area contributed by atoms with Gasteiger partial charge in [0.1, 0.15) is 0 Å². The fraction of sp³-hybridized carbons (Fsp3) is 0.190. The van der Waals surface area contributed by atoms with Gasteiger partial charge in [0.05, 0.1) is 17.7 Å². The lowest BCUT2D eigenvalue weighted by molar-refractivity contribution is -0.139. The number of hydrogen-bond acceptors (Lipinski definition) is 6. The number of benzene rings is 2. The Hall–Kier alpha value is -2.84. The van der Waals surface area contributed by atoms with E-state index in [9.17, 15) is 9.59 Å². The van der Waals surface area contributed by atoms with Crippen molar-refractivity contribution >= 4 is 51.9 Å². The monoisotopic (exact) mass is 429 g/mol. The van der Waals surface area contributed by atoms with Gasteiger partial charge in [-0.05, 0) is 60.9 Å². The predicted octanol–water partition coefficient (Wildman–Crippen LogP) is 4.18. The Bertz CT molecular complexity index is 1030. The van der Waals surface area contributed by atoms with E-state index in [4.69, 9.17) is 26.8 Å². The molecule has 8 heteroatoms. The molecule has 0 aliphatic carbocycles. The van der Waals surface area contributed by atoms with E-state index in [2.05, 4.69) is 0 Å². The van der Waals surface area contributed by atoms with E-state index in [1.807, 2.05) is 32.0 Å². The van der Waals surface area contributed by atoms with Crippen LogP contribution in [0.1, 0.15) is 16.7 Å². The van der Waals surface area contributed by atoms with Gasteiger partial charge in [0.15, 0.2) is 22.4 Å². The largest absolute Gasteiger partial charge is 0.493 e. The number of carbonyl (C=O) groups is 2. The minimum absolute atomic E-state index is 0.187. The molecule has 0 saturated carbocycles. The van der Waals surface area contributed by atoms with Gasteiger partial charge in [-0.1, -0.05) is 36.1 Å². The van der Waals surface area contributed by atoms with Gasteiger partial charge in [-0.25, -0.2) is 4.79 Å². The molecule has 0 atom stereocenters. The molecule has 0 aromatic heterocycles. The molecule has 1 amide bonds. The normalized spacial score (nSPS) is 15.1. The van der Waals surface area contributed by atoms with Crippen LogP contribution < -0.4 is 14.4 Å². The lowest BCUT2D eigenvalue weighted by atomic mass is 10.1. The number of thioether (sulfide) groups is 1. The number of nitrogens with zero attached hydrogens (tertiary/aromatic N) is 1. The predicted molar refractivity (Wildman–Crippen MR) is 118 cm³/mol. The van der Waals surface area contributed by atoms with Crippen molar-refractivity contribution in [2.24, 2.45) is 0 Å². The van der Waals surface area contributed by atoms with Gasteiger partial charge >= 0.3 is 5.97 Å². The highest BCUT2D eigenvalue weighted by molar-refractivity contribution is 8.27. The molecule has 0 unspecified atom stereocenters. The number of methoxy groups -OCH3 is 1. The van der Waals surface area contributed by atoms with Crippen molar-refractivity contribution in [3.05, 3.63) is 58.0 Å². The van der Waals surface area contributed by atoms with E-state index >= 15 is 0 Å². The summed E-state index contributed by atoms with van der Waals surface area (Å²) in [7, 11) is 1.46. The first-order valence-electron chi connectivity index (χ1n) is 8.68. The number of rotatable bonds is 6. The smallest absolute Gasteiger partial charge is 0.341 e. The van der Waals surface area contributed by atoms with Crippen LogP contribution in [0.15, 0.2) is 41.3 Å². The quantitative estimate of drug-likeness (QED) is 0.545. The second kappa shape index (κ2) is 8.67. The second-order valence-electron chi connectivity index (χ2n) is 6.38. The summed E-state index contributed by atoms with van der Waals surface area (Å²) in [6.45, 7) is 3.54. The highest BCUT2D eigenvalue weighted by atomic mass is 32.2. The minimum atomic E-state index is -1.08. The average molecular weight is 430 g/mol. The summed E-state index contributed by atoms with van der Waals surface area (Å²) >= 11 is 6.66. The molecular weight excluding hydrogens is 410 g/mol. The van der Waals surface area contributed by atoms with Crippen molar-refractivity contribution in [3.63, 3.8) is 0 Å². The van der Waals surface area contributed by atoms with Crippen LogP contribution in [0.25, 0.3) is 6.08 Å². The van der Waals surface area contributed by atoms with Crippen molar-refractivity contribution in [1.29, 1.82) is 0 Å². The molecule has 6 nitrogen and oxygen atoms in total. The summed E-state index contributed by atoms with van der Waals surface area (Å²) in [5.41, 5.74) is 3.69. The van der Waals surface area contributed by atoms with Gasteiger partial charge < -0.3 is 14.6 Å². The van der Waals surface area contributed by atoms with Crippen LogP contribution in [0, 0.1) is 13.8 Å². The molecule has 0 spiro atoms. The van der Waals surface area contributed by atoms with Gasteiger partial charge in [-0.2, -0.15) is 0 Å². The Morgan fingerprint density at radius 2 is 1.93 bits per heavy atom. The zero-order valence-electron chi connectivity index (χ0n) is 16.1. The molecule has 1 saturated heterocycles. The molecule has 29 heavy (non-hydrogen) atoms. The van der Waals surface area contributed by atoms with E-state index in [-0.39, 0.29) is 5.91 Å². The fourth-order valence-corrected chi connectivity index (χ4v) is 4.04. The second-order valence-corrected chi connectivity index (χ2v) is 8.05. The summed E-state index contributed by atoms with van der Waals surface area (Å²) < 4.78 is 10.9. The van der Waals surface area contributed by atoms with Gasteiger partial charge in [0.2, 0.25) is 0 Å². The van der Waals surface area contributed by atoms with Gasteiger partial charge in [0.25, 0.3) is 5.91 Å². The Balaban J connectivity index is 1.87. The first-order valence-corrected chi connectivity index (χ1v) is 9.90. The molecule has 3 rings (SSSR count). The highest BCUT2D eigenvalue weighted by Crippen LogP contribution is 2.37. The molecule has 0 radical (unpaired) electrons. The number of hydrogen-bond donors (Lipinski definition) is 1. The number of thiocarbonyl (C=S) groups is 1. The van der Waals surface area contributed by atoms with Crippen LogP contribution in [0.3, 0.4) is 0 Å². The Morgan fingerprint density at radius 1 is 1.17 bits per heavy atom. The number of carboxylic acids is 1. The average Bonchev–Trinajstić information content (AvgIpc) is 2.96. The van der Waals surface area contributed by atoms with Crippen molar-refractivity contribution in [2.45, 2.75) is 13.8 Å². The van der Waals surface area contributed by atoms with E-state index in [0.717, 1.165) is 16.8 Å². The number of carbonyl (C=O) groups excluding carboxylic acids is 1. The zero-order valence-corrected chi connectivity index (χ0v) is 17.7. The summed E-state index contributed by atoms with van der Waals surface area (Å²) in [4.78, 5) is 25.7. The van der Waals surface area contributed by atoms with Crippen LogP contribution >= 0.6 is 24.0 Å². The van der Waals surface area contributed by atoms with E-state index in [1.165, 1.54) is 23.8 Å². The van der Waals surface area contributed by atoms with Crippen LogP contribution in [0.2, 0.25) is 0 Å². The van der Waals surface area contributed by atoms with Gasteiger partial charge in [0, 0.05) is 0 Å². The maximum absolute atomic E-state index is 12.9. The first-order chi connectivity index (χ1) is 13.8. The summed E-state index contributed by atoms with van der Waals surface area (Å²) in [6.07, 6.45) is 1.73. The van der Waals surface area contributed by atoms with E-state index in [0.29, 0.717) is 26.3 Å². The number of carboxylic acid groups (broad SMARTS) is 1. The topological polar surface area (TPSA) is 76.1 Å². The van der Waals surface area contributed by atoms with Gasteiger partial charge in [-0.15, -0.1) is 0 Å². The third-order valence-electron chi connectivity index (χ3n) is 4.38. The molecule has 2 aromatic carbocycles. The number of anilines is 1. The fourth-order valence-electron chi connectivity index (χ4n) is 2.74. The lowest BCUT2D eigenvalue weighted by Gasteiger charge is -2.16. The maximum atomic E-state index is 12.9. The van der Waals surface area contributed by atoms with Crippen molar-refractivity contribution in [2.75, 3.05) is 18.6 Å². The van der Waals surface area contributed by atoms with Crippen molar-refractivity contribution < 1.29 is 24.2 Å². The van der Waals surface area contributed by atoms with E-state index < -0.39 is 12.6 Å². The summed E-state index contributed by atoms with van der Waals surface area (Å²) in [6, 6.07) is 10.8. The number of aryl methyl sites for hydroxylation is 2. The Morgan fingerprint density at radius 3 is 2.59 bits per heavy atom. The maximum Gasteiger partial charge on any atom is 0.341 e. The summed E-state index contributed by atoms with van der Waals surface area (Å²) in [5, 5.41) is 8.76. The van der Waals surface area contributed by atoms with Crippen molar-refractivity contribution in [1.82, 2.24) is 0 Å². The number of ether oxygens (including phenoxy) is 2. The van der Waals surface area contributed by atoms with Gasteiger partial charge in [-0.3, -0.25) is 9.69 Å². The molecule has 1 fully saturated rings. The third kappa shape index (κ3) is 4.60. The van der Waals surface area contributed by atoms with Crippen LogP contribution in [-0.2, 0) is 9.59 Å². The van der Waals surface area contributed by atoms with Crippen LogP contribution in [0.4, 0.5) is 5.69 Å². The Labute approximate surface area is 178 Å². The Kier molecular flexibility index (Phi) is 6.24.